The first kappa shape index (κ1) is 14.7. The fraction of sp³-hybridized carbons (Fsp3) is 1.00. The Kier molecular flexibility index (Phi) is 7.79. The van der Waals surface area contributed by atoms with Gasteiger partial charge < -0.3 is 25.5 Å². The van der Waals surface area contributed by atoms with E-state index in [1.807, 2.05) is 0 Å². The predicted octanol–water partition coefficient (Wildman–Crippen LogP) is -3.08. The van der Waals surface area contributed by atoms with Gasteiger partial charge in [0.2, 0.25) is 0 Å². The molecule has 0 amide bonds. The van der Waals surface area contributed by atoms with Crippen LogP contribution in [0.5, 0.6) is 0 Å². The van der Waals surface area contributed by atoms with Crippen LogP contribution in [0.3, 0.4) is 0 Å². The van der Waals surface area contributed by atoms with Crippen molar-refractivity contribution in [1.82, 2.24) is 5.06 Å². The first-order valence-electron chi connectivity index (χ1n) is 4.66. The van der Waals surface area contributed by atoms with E-state index in [1.165, 1.54) is 5.06 Å². The molecule has 0 bridgehead atoms. The molecule has 0 fully saturated rings. The fourth-order valence-corrected chi connectivity index (χ4v) is 0.937. The standard InChI is InChI=1S/C8H19NO6/c10-3-1-9(2-4-11)15-8(5-12,6-13)7-14/h10-14H,1-7H2. The minimum absolute atomic E-state index is 0.113. The van der Waals surface area contributed by atoms with Crippen molar-refractivity contribution in [3.05, 3.63) is 0 Å². The predicted molar refractivity (Wildman–Crippen MR) is 50.8 cm³/mol. The van der Waals surface area contributed by atoms with Gasteiger partial charge in [-0.1, -0.05) is 0 Å². The molecular formula is C8H19NO6. The van der Waals surface area contributed by atoms with Gasteiger partial charge in [-0.05, 0) is 0 Å². The van der Waals surface area contributed by atoms with Gasteiger partial charge in [0.1, 0.15) is 0 Å². The van der Waals surface area contributed by atoms with E-state index in [2.05, 4.69) is 0 Å². The molecule has 0 aliphatic heterocycles. The zero-order valence-corrected chi connectivity index (χ0v) is 8.54. The third kappa shape index (κ3) is 4.85. The maximum atomic E-state index is 8.97. The Morgan fingerprint density at radius 2 is 1.20 bits per heavy atom. The van der Waals surface area contributed by atoms with E-state index in [0.717, 1.165) is 0 Å². The van der Waals surface area contributed by atoms with Crippen molar-refractivity contribution in [2.75, 3.05) is 46.1 Å². The molecule has 5 N–H and O–H groups in total. The zero-order chi connectivity index (χ0) is 11.7. The second-order valence-corrected chi connectivity index (χ2v) is 3.12. The van der Waals surface area contributed by atoms with Crippen LogP contribution in [0, 0.1) is 0 Å². The van der Waals surface area contributed by atoms with Crippen molar-refractivity contribution in [3.8, 4) is 0 Å². The van der Waals surface area contributed by atoms with Crippen molar-refractivity contribution in [3.63, 3.8) is 0 Å². The summed E-state index contributed by atoms with van der Waals surface area (Å²) < 4.78 is 0. The summed E-state index contributed by atoms with van der Waals surface area (Å²) in [5.74, 6) is 0. The molecular weight excluding hydrogens is 206 g/mol. The number of aliphatic hydroxyl groups is 5. The van der Waals surface area contributed by atoms with Crippen LogP contribution in [0.2, 0.25) is 0 Å². The van der Waals surface area contributed by atoms with Crippen LogP contribution in [0.1, 0.15) is 0 Å². The normalized spacial score (nSPS) is 12.4. The zero-order valence-electron chi connectivity index (χ0n) is 8.54. The minimum atomic E-state index is -1.48. The highest BCUT2D eigenvalue weighted by atomic mass is 16.7. The highest BCUT2D eigenvalue weighted by Crippen LogP contribution is 2.11. The molecule has 0 aromatic rings. The molecule has 0 aliphatic rings. The molecule has 0 aromatic carbocycles. The van der Waals surface area contributed by atoms with Crippen LogP contribution in [0.25, 0.3) is 0 Å². The van der Waals surface area contributed by atoms with Crippen molar-refractivity contribution in [2.45, 2.75) is 5.60 Å². The second kappa shape index (κ2) is 7.94. The molecule has 0 rings (SSSR count). The van der Waals surface area contributed by atoms with Crippen LogP contribution < -0.4 is 0 Å². The average Bonchev–Trinajstić information content (AvgIpc) is 2.27. The number of hydrogen-bond acceptors (Lipinski definition) is 7. The van der Waals surface area contributed by atoms with Gasteiger partial charge >= 0.3 is 0 Å². The van der Waals surface area contributed by atoms with Crippen molar-refractivity contribution in [2.24, 2.45) is 0 Å². The van der Waals surface area contributed by atoms with E-state index in [1.54, 1.807) is 0 Å². The third-order valence-corrected chi connectivity index (χ3v) is 1.89. The molecule has 0 aliphatic carbocycles. The van der Waals surface area contributed by atoms with Gasteiger partial charge in [-0.15, -0.1) is 0 Å². The lowest BCUT2D eigenvalue weighted by Gasteiger charge is -2.33. The van der Waals surface area contributed by atoms with Crippen LogP contribution in [0.15, 0.2) is 0 Å². The quantitative estimate of drug-likeness (QED) is 0.264. The molecule has 0 atom stereocenters. The average molecular weight is 225 g/mol. The van der Waals surface area contributed by atoms with Crippen LogP contribution in [-0.4, -0.2) is 82.3 Å². The Hall–Kier alpha value is -0.280. The van der Waals surface area contributed by atoms with E-state index < -0.39 is 25.4 Å². The molecule has 7 nitrogen and oxygen atoms in total. The van der Waals surface area contributed by atoms with Gasteiger partial charge in [0, 0.05) is 13.1 Å². The molecule has 0 unspecified atom stereocenters. The number of nitrogens with zero attached hydrogens (tertiary/aromatic N) is 1. The molecule has 15 heavy (non-hydrogen) atoms. The Morgan fingerprint density at radius 3 is 1.47 bits per heavy atom. The van der Waals surface area contributed by atoms with Gasteiger partial charge in [-0.2, -0.15) is 5.06 Å². The van der Waals surface area contributed by atoms with Gasteiger partial charge in [-0.3, -0.25) is 4.84 Å². The van der Waals surface area contributed by atoms with Gasteiger partial charge in [0.15, 0.2) is 5.60 Å². The molecule has 92 valence electrons. The smallest absolute Gasteiger partial charge is 0.158 e. The molecule has 0 spiro atoms. The molecule has 0 saturated carbocycles. The summed E-state index contributed by atoms with van der Waals surface area (Å²) in [7, 11) is 0. The van der Waals surface area contributed by atoms with E-state index >= 15 is 0 Å². The van der Waals surface area contributed by atoms with Crippen LogP contribution in [0.4, 0.5) is 0 Å². The number of rotatable bonds is 9. The first-order chi connectivity index (χ1) is 7.17. The molecule has 0 heterocycles. The summed E-state index contributed by atoms with van der Waals surface area (Å²) in [6.45, 7) is -1.85. The largest absolute Gasteiger partial charge is 0.395 e. The summed E-state index contributed by atoms with van der Waals surface area (Å²) in [4.78, 5) is 5.13. The summed E-state index contributed by atoms with van der Waals surface area (Å²) in [6.07, 6.45) is 0. The Bertz CT molecular complexity index is 138. The minimum Gasteiger partial charge on any atom is -0.395 e. The first-order valence-corrected chi connectivity index (χ1v) is 4.66. The highest BCUT2D eigenvalue weighted by Gasteiger charge is 2.32. The van der Waals surface area contributed by atoms with Gasteiger partial charge in [0.25, 0.3) is 0 Å². The van der Waals surface area contributed by atoms with E-state index in [-0.39, 0.29) is 26.3 Å². The molecule has 7 heteroatoms. The summed E-state index contributed by atoms with van der Waals surface area (Å²) in [5.41, 5.74) is -1.48. The number of hydroxylamine groups is 2. The Morgan fingerprint density at radius 1 is 0.800 bits per heavy atom. The fourth-order valence-electron chi connectivity index (χ4n) is 0.937. The summed E-state index contributed by atoms with van der Waals surface area (Å²) in [5, 5.41) is 45.5. The van der Waals surface area contributed by atoms with Crippen molar-refractivity contribution < 1.29 is 30.4 Å². The lowest BCUT2D eigenvalue weighted by atomic mass is 10.1. The van der Waals surface area contributed by atoms with E-state index in [0.29, 0.717) is 0 Å². The lowest BCUT2D eigenvalue weighted by Crippen LogP contribution is -2.50. The van der Waals surface area contributed by atoms with Gasteiger partial charge in [-0.25, -0.2) is 0 Å². The molecule has 0 radical (unpaired) electrons. The van der Waals surface area contributed by atoms with E-state index in [4.69, 9.17) is 30.4 Å². The molecule has 0 aromatic heterocycles. The maximum Gasteiger partial charge on any atom is 0.158 e. The van der Waals surface area contributed by atoms with Crippen molar-refractivity contribution >= 4 is 0 Å². The van der Waals surface area contributed by atoms with Crippen molar-refractivity contribution in [1.29, 1.82) is 0 Å². The highest BCUT2D eigenvalue weighted by molar-refractivity contribution is 4.77. The van der Waals surface area contributed by atoms with Gasteiger partial charge in [0.05, 0.1) is 33.0 Å². The third-order valence-electron chi connectivity index (χ3n) is 1.89. The van der Waals surface area contributed by atoms with E-state index in [9.17, 15) is 0 Å². The topological polar surface area (TPSA) is 114 Å². The summed E-state index contributed by atoms with van der Waals surface area (Å²) in [6, 6.07) is 0. The second-order valence-electron chi connectivity index (χ2n) is 3.12. The molecule has 0 saturated heterocycles. The number of aliphatic hydroxyl groups excluding tert-OH is 5. The summed E-state index contributed by atoms with van der Waals surface area (Å²) >= 11 is 0. The SMILES string of the molecule is OCCN(CCO)OC(CO)(CO)CO. The van der Waals surface area contributed by atoms with Crippen LogP contribution in [-0.2, 0) is 4.84 Å². The number of hydrogen-bond donors (Lipinski definition) is 5. The maximum absolute atomic E-state index is 8.97. The monoisotopic (exact) mass is 225 g/mol. The lowest BCUT2D eigenvalue weighted by molar-refractivity contribution is -0.282. The Balaban J connectivity index is 4.30. The Labute approximate surface area is 88.1 Å². The van der Waals surface area contributed by atoms with Crippen LogP contribution >= 0.6 is 0 Å².